The molecule has 0 aliphatic heterocycles. The van der Waals surface area contributed by atoms with Gasteiger partial charge in [0.1, 0.15) is 0 Å². The van der Waals surface area contributed by atoms with Gasteiger partial charge in [-0.25, -0.2) is 0 Å². The highest BCUT2D eigenvalue weighted by Crippen LogP contribution is 2.31. The molecule has 1 rings (SSSR count). The first-order valence-electron chi connectivity index (χ1n) is 6.03. The lowest BCUT2D eigenvalue weighted by molar-refractivity contribution is -0.136. The van der Waals surface area contributed by atoms with Crippen LogP contribution in [0.15, 0.2) is 0 Å². The molecule has 1 N–H and O–H groups in total. The summed E-state index contributed by atoms with van der Waals surface area (Å²) in [5.41, 5.74) is -0.719. The molecule has 0 spiro atoms. The van der Waals surface area contributed by atoms with Crippen LogP contribution in [0.4, 0.5) is 0 Å². The standard InChI is InChI=1S/C12H23NO2S/c1-13(8-9-16-2)11(14)10-12(15)6-4-3-5-7-12/h15H,3-10H2,1-2H3. The van der Waals surface area contributed by atoms with Crippen LogP contribution in [-0.4, -0.2) is 47.1 Å². The number of hydrogen-bond donors (Lipinski definition) is 1. The highest BCUT2D eigenvalue weighted by molar-refractivity contribution is 7.98. The second kappa shape index (κ2) is 6.50. The largest absolute Gasteiger partial charge is 0.389 e. The topological polar surface area (TPSA) is 40.5 Å². The van der Waals surface area contributed by atoms with Gasteiger partial charge in [0.2, 0.25) is 5.91 Å². The van der Waals surface area contributed by atoms with Crippen molar-refractivity contribution in [2.45, 2.75) is 44.1 Å². The Bertz CT molecular complexity index is 227. The van der Waals surface area contributed by atoms with Crippen LogP contribution in [0.2, 0.25) is 0 Å². The zero-order chi connectivity index (χ0) is 12.0. The molecule has 0 saturated heterocycles. The number of amides is 1. The predicted molar refractivity (Wildman–Crippen MR) is 68.7 cm³/mol. The molecule has 0 aromatic heterocycles. The monoisotopic (exact) mass is 245 g/mol. The first kappa shape index (κ1) is 13.8. The van der Waals surface area contributed by atoms with Crippen molar-refractivity contribution in [3.63, 3.8) is 0 Å². The molecule has 4 heteroatoms. The molecule has 1 aliphatic carbocycles. The number of aliphatic hydroxyl groups is 1. The molecule has 1 saturated carbocycles. The number of rotatable bonds is 5. The number of thioether (sulfide) groups is 1. The first-order valence-corrected chi connectivity index (χ1v) is 7.42. The van der Waals surface area contributed by atoms with Crippen LogP contribution < -0.4 is 0 Å². The average Bonchev–Trinajstić information content (AvgIpc) is 2.26. The van der Waals surface area contributed by atoms with Crippen molar-refractivity contribution in [1.82, 2.24) is 4.90 Å². The van der Waals surface area contributed by atoms with Gasteiger partial charge in [-0.3, -0.25) is 4.79 Å². The maximum absolute atomic E-state index is 11.9. The van der Waals surface area contributed by atoms with Crippen LogP contribution in [0, 0.1) is 0 Å². The number of carbonyl (C=O) groups is 1. The molecule has 16 heavy (non-hydrogen) atoms. The number of hydrogen-bond acceptors (Lipinski definition) is 3. The summed E-state index contributed by atoms with van der Waals surface area (Å²) in [4.78, 5) is 13.6. The Morgan fingerprint density at radius 2 is 2.00 bits per heavy atom. The molecule has 1 aliphatic rings. The summed E-state index contributed by atoms with van der Waals surface area (Å²) in [6, 6.07) is 0. The van der Waals surface area contributed by atoms with E-state index in [9.17, 15) is 9.90 Å². The minimum atomic E-state index is -0.719. The second-order valence-electron chi connectivity index (χ2n) is 4.77. The van der Waals surface area contributed by atoms with Crippen molar-refractivity contribution >= 4 is 17.7 Å². The van der Waals surface area contributed by atoms with Gasteiger partial charge in [-0.1, -0.05) is 19.3 Å². The Labute approximate surface area is 103 Å². The molecule has 94 valence electrons. The lowest BCUT2D eigenvalue weighted by Crippen LogP contribution is -2.39. The maximum Gasteiger partial charge on any atom is 0.225 e. The zero-order valence-electron chi connectivity index (χ0n) is 10.4. The minimum Gasteiger partial charge on any atom is -0.389 e. The van der Waals surface area contributed by atoms with Crippen LogP contribution in [0.25, 0.3) is 0 Å². The van der Waals surface area contributed by atoms with Gasteiger partial charge in [0.25, 0.3) is 0 Å². The molecule has 0 aromatic rings. The fraction of sp³-hybridized carbons (Fsp3) is 0.917. The lowest BCUT2D eigenvalue weighted by atomic mass is 9.82. The van der Waals surface area contributed by atoms with Crippen LogP contribution in [-0.2, 0) is 4.79 Å². The summed E-state index contributed by atoms with van der Waals surface area (Å²) in [6.45, 7) is 0.774. The fourth-order valence-corrected chi connectivity index (χ4v) is 2.61. The van der Waals surface area contributed by atoms with Crippen LogP contribution in [0.5, 0.6) is 0 Å². The highest BCUT2D eigenvalue weighted by Gasteiger charge is 2.32. The highest BCUT2D eigenvalue weighted by atomic mass is 32.2. The van der Waals surface area contributed by atoms with Gasteiger partial charge in [-0.2, -0.15) is 11.8 Å². The Morgan fingerprint density at radius 1 is 1.38 bits per heavy atom. The van der Waals surface area contributed by atoms with E-state index >= 15 is 0 Å². The molecule has 0 aromatic carbocycles. The molecular formula is C12H23NO2S. The molecule has 1 fully saturated rings. The lowest BCUT2D eigenvalue weighted by Gasteiger charge is -2.32. The summed E-state index contributed by atoms with van der Waals surface area (Å²) < 4.78 is 0. The van der Waals surface area contributed by atoms with Gasteiger partial charge >= 0.3 is 0 Å². The van der Waals surface area contributed by atoms with Gasteiger partial charge < -0.3 is 10.0 Å². The predicted octanol–water partition coefficient (Wildman–Crippen LogP) is 1.89. The van der Waals surface area contributed by atoms with Crippen LogP contribution in [0.1, 0.15) is 38.5 Å². The number of carbonyl (C=O) groups excluding carboxylic acids is 1. The molecule has 0 heterocycles. The Morgan fingerprint density at radius 3 is 2.56 bits per heavy atom. The van der Waals surface area contributed by atoms with Crippen molar-refractivity contribution in [2.75, 3.05) is 25.6 Å². The smallest absolute Gasteiger partial charge is 0.225 e. The maximum atomic E-state index is 11.9. The van der Waals surface area contributed by atoms with E-state index in [0.717, 1.165) is 38.0 Å². The Kier molecular flexibility index (Phi) is 5.62. The zero-order valence-corrected chi connectivity index (χ0v) is 11.2. The van der Waals surface area contributed by atoms with Gasteiger partial charge in [0.15, 0.2) is 0 Å². The molecule has 0 radical (unpaired) electrons. The summed E-state index contributed by atoms with van der Waals surface area (Å²) in [6.07, 6.45) is 7.21. The van der Waals surface area contributed by atoms with E-state index in [1.54, 1.807) is 16.7 Å². The summed E-state index contributed by atoms with van der Waals surface area (Å²) in [7, 11) is 1.82. The SMILES string of the molecule is CSCCN(C)C(=O)CC1(O)CCCCC1. The fourth-order valence-electron chi connectivity index (χ4n) is 2.16. The van der Waals surface area contributed by atoms with Crippen molar-refractivity contribution in [3.05, 3.63) is 0 Å². The average molecular weight is 245 g/mol. The second-order valence-corrected chi connectivity index (χ2v) is 5.76. The van der Waals surface area contributed by atoms with E-state index < -0.39 is 5.60 Å². The summed E-state index contributed by atoms with van der Waals surface area (Å²) >= 11 is 1.74. The normalized spacial score (nSPS) is 19.4. The van der Waals surface area contributed by atoms with Gasteiger partial charge in [-0.05, 0) is 19.1 Å². The number of nitrogens with zero attached hydrogens (tertiary/aromatic N) is 1. The van der Waals surface area contributed by atoms with E-state index in [1.807, 2.05) is 13.3 Å². The van der Waals surface area contributed by atoms with Crippen LogP contribution >= 0.6 is 11.8 Å². The van der Waals surface area contributed by atoms with Gasteiger partial charge in [-0.15, -0.1) is 0 Å². The van der Waals surface area contributed by atoms with Gasteiger partial charge in [0.05, 0.1) is 12.0 Å². The molecule has 0 atom stereocenters. The summed E-state index contributed by atoms with van der Waals surface area (Å²) in [5, 5.41) is 10.3. The third-order valence-electron chi connectivity index (χ3n) is 3.32. The molecule has 3 nitrogen and oxygen atoms in total. The summed E-state index contributed by atoms with van der Waals surface area (Å²) in [5.74, 6) is 1.04. The van der Waals surface area contributed by atoms with Crippen molar-refractivity contribution in [2.24, 2.45) is 0 Å². The van der Waals surface area contributed by atoms with Crippen molar-refractivity contribution < 1.29 is 9.90 Å². The van der Waals surface area contributed by atoms with Crippen molar-refractivity contribution in [3.8, 4) is 0 Å². The van der Waals surface area contributed by atoms with Crippen LogP contribution in [0.3, 0.4) is 0 Å². The Balaban J connectivity index is 2.36. The van der Waals surface area contributed by atoms with E-state index in [4.69, 9.17) is 0 Å². The third-order valence-corrected chi connectivity index (χ3v) is 3.91. The van der Waals surface area contributed by atoms with E-state index in [1.165, 1.54) is 6.42 Å². The third kappa shape index (κ3) is 4.34. The van der Waals surface area contributed by atoms with Crippen molar-refractivity contribution in [1.29, 1.82) is 0 Å². The molecule has 1 amide bonds. The first-order chi connectivity index (χ1) is 7.57. The van der Waals surface area contributed by atoms with E-state index in [-0.39, 0.29) is 5.91 Å². The minimum absolute atomic E-state index is 0.0819. The van der Waals surface area contributed by atoms with E-state index in [0.29, 0.717) is 6.42 Å². The molecule has 0 unspecified atom stereocenters. The van der Waals surface area contributed by atoms with E-state index in [2.05, 4.69) is 0 Å². The quantitative estimate of drug-likeness (QED) is 0.804. The molecule has 0 bridgehead atoms. The molecular weight excluding hydrogens is 222 g/mol. The van der Waals surface area contributed by atoms with Gasteiger partial charge in [0, 0.05) is 19.3 Å². The Hall–Kier alpha value is -0.220.